The topological polar surface area (TPSA) is 65.4 Å². The molecule has 0 saturated carbocycles. The van der Waals surface area contributed by atoms with E-state index in [4.69, 9.17) is 22.2 Å². The number of thiocarbonyl (C=S) groups is 1. The second kappa shape index (κ2) is 7.92. The van der Waals surface area contributed by atoms with Gasteiger partial charge in [-0.3, -0.25) is 10.2 Å². The number of benzene rings is 2. The molecule has 2 rings (SSSR count). The van der Waals surface area contributed by atoms with Crippen molar-refractivity contribution in [1.29, 1.82) is 5.26 Å². The molecule has 0 aliphatic carbocycles. The van der Waals surface area contributed by atoms with Gasteiger partial charge >= 0.3 is 6.09 Å². The first-order valence-corrected chi connectivity index (χ1v) is 7.39. The maximum Gasteiger partial charge on any atom is 0.413 e. The average molecular weight is 325 g/mol. The van der Waals surface area contributed by atoms with Crippen molar-refractivity contribution in [2.45, 2.75) is 6.92 Å². The summed E-state index contributed by atoms with van der Waals surface area (Å²) < 4.78 is 4.86. The summed E-state index contributed by atoms with van der Waals surface area (Å²) in [6, 6.07) is 18.4. The van der Waals surface area contributed by atoms with Crippen molar-refractivity contribution >= 4 is 34.8 Å². The molecule has 0 fully saturated rings. The summed E-state index contributed by atoms with van der Waals surface area (Å²) >= 11 is 5.34. The number of amides is 1. The first-order valence-electron chi connectivity index (χ1n) is 6.98. The minimum absolute atomic E-state index is 0.194. The van der Waals surface area contributed by atoms with Crippen molar-refractivity contribution in [1.82, 2.24) is 5.32 Å². The van der Waals surface area contributed by atoms with Gasteiger partial charge in [-0.25, -0.2) is 4.79 Å². The second-order valence-electron chi connectivity index (χ2n) is 4.48. The van der Waals surface area contributed by atoms with Crippen molar-refractivity contribution in [3.8, 4) is 6.07 Å². The van der Waals surface area contributed by atoms with Gasteiger partial charge in [-0.1, -0.05) is 18.2 Å². The van der Waals surface area contributed by atoms with Crippen molar-refractivity contribution < 1.29 is 9.53 Å². The van der Waals surface area contributed by atoms with Gasteiger partial charge in [0.05, 0.1) is 18.2 Å². The molecule has 23 heavy (non-hydrogen) atoms. The highest BCUT2D eigenvalue weighted by atomic mass is 32.1. The number of carbonyl (C=O) groups is 1. The molecule has 116 valence electrons. The zero-order valence-corrected chi connectivity index (χ0v) is 13.3. The number of anilines is 2. The van der Waals surface area contributed by atoms with Gasteiger partial charge in [0.2, 0.25) is 0 Å². The molecule has 0 spiro atoms. The number of para-hydroxylation sites is 1. The summed E-state index contributed by atoms with van der Waals surface area (Å²) in [5.41, 5.74) is 2.07. The number of nitrogens with zero attached hydrogens (tertiary/aromatic N) is 2. The van der Waals surface area contributed by atoms with E-state index in [1.165, 1.54) is 0 Å². The predicted octanol–water partition coefficient (Wildman–Crippen LogP) is 3.73. The minimum Gasteiger partial charge on any atom is -0.450 e. The monoisotopic (exact) mass is 325 g/mol. The van der Waals surface area contributed by atoms with Crippen LogP contribution in [0.4, 0.5) is 16.2 Å². The number of nitrogens with one attached hydrogen (secondary N) is 1. The van der Waals surface area contributed by atoms with Crippen molar-refractivity contribution in [3.05, 3.63) is 60.2 Å². The van der Waals surface area contributed by atoms with E-state index in [1.54, 1.807) is 36.1 Å². The summed E-state index contributed by atoms with van der Waals surface area (Å²) in [6.07, 6.45) is -0.605. The summed E-state index contributed by atoms with van der Waals surface area (Å²) in [5.74, 6) is 0. The summed E-state index contributed by atoms with van der Waals surface area (Å²) in [5, 5.41) is 11.6. The molecule has 5 nitrogen and oxygen atoms in total. The number of rotatable bonds is 3. The lowest BCUT2D eigenvalue weighted by Crippen LogP contribution is -2.40. The lowest BCUT2D eigenvalue weighted by atomic mass is 10.2. The zero-order valence-electron chi connectivity index (χ0n) is 12.5. The Morgan fingerprint density at radius 2 is 1.78 bits per heavy atom. The van der Waals surface area contributed by atoms with E-state index in [0.717, 1.165) is 11.4 Å². The van der Waals surface area contributed by atoms with Crippen LogP contribution < -0.4 is 10.2 Å². The number of hydrogen-bond donors (Lipinski definition) is 1. The fourth-order valence-electron chi connectivity index (χ4n) is 1.96. The van der Waals surface area contributed by atoms with Gasteiger partial charge in [-0.2, -0.15) is 5.26 Å². The molecule has 0 bridgehead atoms. The smallest absolute Gasteiger partial charge is 0.413 e. The van der Waals surface area contributed by atoms with Gasteiger partial charge in [-0.05, 0) is 55.5 Å². The fourth-order valence-corrected chi connectivity index (χ4v) is 2.25. The first kappa shape index (κ1) is 16.5. The highest BCUT2D eigenvalue weighted by Crippen LogP contribution is 2.25. The molecule has 6 heteroatoms. The number of carbonyl (C=O) groups excluding carboxylic acids is 1. The van der Waals surface area contributed by atoms with Crippen LogP contribution >= 0.6 is 12.2 Å². The number of hydrogen-bond acceptors (Lipinski definition) is 4. The molecular weight excluding hydrogens is 310 g/mol. The van der Waals surface area contributed by atoms with E-state index in [9.17, 15) is 4.79 Å². The molecule has 0 unspecified atom stereocenters. The van der Waals surface area contributed by atoms with Crippen LogP contribution in [0.25, 0.3) is 0 Å². The Balaban J connectivity index is 2.34. The highest BCUT2D eigenvalue weighted by molar-refractivity contribution is 7.80. The molecule has 2 aromatic rings. The quantitative estimate of drug-likeness (QED) is 0.871. The molecule has 0 aliphatic rings. The Labute approximate surface area is 140 Å². The summed E-state index contributed by atoms with van der Waals surface area (Å²) in [7, 11) is 0. The second-order valence-corrected chi connectivity index (χ2v) is 4.87. The molecule has 0 radical (unpaired) electrons. The van der Waals surface area contributed by atoms with Gasteiger partial charge < -0.3 is 4.74 Å². The van der Waals surface area contributed by atoms with Crippen molar-refractivity contribution in [2.24, 2.45) is 0 Å². The third-order valence-electron chi connectivity index (χ3n) is 2.96. The Bertz CT molecular complexity index is 724. The zero-order chi connectivity index (χ0) is 16.7. The summed E-state index contributed by atoms with van der Waals surface area (Å²) in [4.78, 5) is 13.3. The van der Waals surface area contributed by atoms with E-state index in [1.807, 2.05) is 30.3 Å². The Kier molecular flexibility index (Phi) is 5.67. The molecular formula is C17H15N3O2S. The Morgan fingerprint density at radius 3 is 2.35 bits per heavy atom. The predicted molar refractivity (Wildman–Crippen MR) is 92.5 cm³/mol. The number of ether oxygens (including phenoxy) is 1. The van der Waals surface area contributed by atoms with Crippen LogP contribution in [0, 0.1) is 11.3 Å². The third-order valence-corrected chi connectivity index (χ3v) is 3.24. The lowest BCUT2D eigenvalue weighted by molar-refractivity contribution is 0.158. The van der Waals surface area contributed by atoms with Crippen LogP contribution in [0.2, 0.25) is 0 Å². The maximum absolute atomic E-state index is 11.6. The van der Waals surface area contributed by atoms with Crippen LogP contribution in [0.15, 0.2) is 54.6 Å². The summed E-state index contributed by atoms with van der Waals surface area (Å²) in [6.45, 7) is 1.98. The largest absolute Gasteiger partial charge is 0.450 e. The van der Waals surface area contributed by atoms with Crippen LogP contribution in [-0.2, 0) is 4.74 Å². The van der Waals surface area contributed by atoms with Crippen LogP contribution in [0.5, 0.6) is 0 Å². The van der Waals surface area contributed by atoms with Crippen LogP contribution in [0.3, 0.4) is 0 Å². The van der Waals surface area contributed by atoms with Gasteiger partial charge in [0, 0.05) is 11.4 Å². The van der Waals surface area contributed by atoms with Crippen LogP contribution in [0.1, 0.15) is 12.5 Å². The molecule has 0 atom stereocenters. The standard InChI is InChI=1S/C17H15N3O2S/c1-2-22-17(21)19-16(23)20(14-6-4-3-5-7-14)15-10-8-13(12-18)9-11-15/h3-11H,2H2,1H3,(H,19,21,23). The molecule has 0 aromatic heterocycles. The van der Waals surface area contributed by atoms with E-state index in [-0.39, 0.29) is 11.7 Å². The van der Waals surface area contributed by atoms with Crippen molar-refractivity contribution in [2.75, 3.05) is 11.5 Å². The van der Waals surface area contributed by atoms with E-state index in [2.05, 4.69) is 11.4 Å². The lowest BCUT2D eigenvalue weighted by Gasteiger charge is -2.25. The Morgan fingerprint density at radius 1 is 1.17 bits per heavy atom. The fraction of sp³-hybridized carbons (Fsp3) is 0.118. The average Bonchev–Trinajstić information content (AvgIpc) is 2.57. The van der Waals surface area contributed by atoms with Crippen molar-refractivity contribution in [3.63, 3.8) is 0 Å². The minimum atomic E-state index is -0.605. The SMILES string of the molecule is CCOC(=O)NC(=S)N(c1ccccc1)c1ccc(C#N)cc1. The van der Waals surface area contributed by atoms with E-state index >= 15 is 0 Å². The first-order chi connectivity index (χ1) is 11.2. The molecule has 1 amide bonds. The molecule has 0 saturated heterocycles. The van der Waals surface area contributed by atoms with Crippen LogP contribution in [-0.4, -0.2) is 17.8 Å². The molecule has 1 N–H and O–H groups in total. The highest BCUT2D eigenvalue weighted by Gasteiger charge is 2.17. The normalized spacial score (nSPS) is 9.57. The van der Waals surface area contributed by atoms with Gasteiger partial charge in [0.25, 0.3) is 0 Å². The van der Waals surface area contributed by atoms with Gasteiger partial charge in [0.1, 0.15) is 0 Å². The van der Waals surface area contributed by atoms with E-state index < -0.39 is 6.09 Å². The number of nitriles is 1. The molecule has 0 heterocycles. The van der Waals surface area contributed by atoms with Gasteiger partial charge in [0.15, 0.2) is 5.11 Å². The van der Waals surface area contributed by atoms with E-state index in [0.29, 0.717) is 5.56 Å². The third kappa shape index (κ3) is 4.28. The molecule has 2 aromatic carbocycles. The maximum atomic E-state index is 11.6. The number of alkyl carbamates (subject to hydrolysis) is 1. The van der Waals surface area contributed by atoms with Gasteiger partial charge in [-0.15, -0.1) is 0 Å². The Hall–Kier alpha value is -2.91. The molecule has 0 aliphatic heterocycles.